The molecule has 164 valence electrons. The Balaban J connectivity index is 1.61. The van der Waals surface area contributed by atoms with Crippen molar-refractivity contribution >= 4 is 28.3 Å². The number of hydrogen-bond acceptors (Lipinski definition) is 4. The molecule has 5 rings (SSSR count). The van der Waals surface area contributed by atoms with Crippen LogP contribution in [0.1, 0.15) is 27.4 Å². The smallest absolute Gasteiger partial charge is 0.230 e. The first-order valence-corrected chi connectivity index (χ1v) is 10.9. The summed E-state index contributed by atoms with van der Waals surface area (Å²) in [6.45, 7) is 2.57. The number of nitrogens with zero attached hydrogens (tertiary/aromatic N) is 2. The van der Waals surface area contributed by atoms with Gasteiger partial charge in [-0.1, -0.05) is 23.7 Å². The van der Waals surface area contributed by atoms with Crippen LogP contribution in [-0.4, -0.2) is 22.4 Å². The largest absolute Gasteiger partial charge is 0.497 e. The number of aromatic nitrogens is 2. The zero-order valence-corrected chi connectivity index (χ0v) is 19.0. The molecule has 3 heterocycles. The number of carbonyl (C=O) groups excluding carboxylic acids is 1. The number of ether oxygens (including phenoxy) is 1. The average molecular weight is 457 g/mol. The van der Waals surface area contributed by atoms with Crippen LogP contribution in [0.4, 0.5) is 0 Å². The molecule has 0 atom stereocenters. The van der Waals surface area contributed by atoms with E-state index in [1.807, 2.05) is 61.5 Å². The minimum absolute atomic E-state index is 0.171. The second-order valence-electron chi connectivity index (χ2n) is 7.79. The fourth-order valence-electron chi connectivity index (χ4n) is 4.10. The summed E-state index contributed by atoms with van der Waals surface area (Å²) in [5.41, 5.74) is 4.32. The lowest BCUT2D eigenvalue weighted by molar-refractivity contribution is 0.101. The highest BCUT2D eigenvalue weighted by Crippen LogP contribution is 2.33. The number of fused-ring (bicyclic) bond motifs is 1. The molecule has 33 heavy (non-hydrogen) atoms. The standard InChI is InChI=1S/C27H21ClN2O3/c1-17-26(27(31)25-12-11-24(33-25)19-4-3-13-29-15-19)22-14-21(32-2)9-10-23(22)30(17)16-18-5-7-20(28)8-6-18/h3-15H,16H2,1-2H3. The molecular weight excluding hydrogens is 436 g/mol. The van der Waals surface area contributed by atoms with E-state index in [1.54, 1.807) is 31.6 Å². The van der Waals surface area contributed by atoms with E-state index in [9.17, 15) is 4.79 Å². The van der Waals surface area contributed by atoms with Crippen molar-refractivity contribution in [3.8, 4) is 17.1 Å². The van der Waals surface area contributed by atoms with Crippen LogP contribution in [0.2, 0.25) is 5.02 Å². The molecule has 0 N–H and O–H groups in total. The lowest BCUT2D eigenvalue weighted by atomic mass is 10.0. The summed E-state index contributed by atoms with van der Waals surface area (Å²) in [6, 6.07) is 20.8. The molecular formula is C27H21ClN2O3. The lowest BCUT2D eigenvalue weighted by Crippen LogP contribution is -2.05. The molecule has 0 radical (unpaired) electrons. The van der Waals surface area contributed by atoms with Crippen molar-refractivity contribution in [3.63, 3.8) is 0 Å². The molecule has 0 aliphatic carbocycles. The third kappa shape index (κ3) is 3.92. The number of furan rings is 1. The third-order valence-corrected chi connectivity index (χ3v) is 6.04. The van der Waals surface area contributed by atoms with Gasteiger partial charge in [0.2, 0.25) is 5.78 Å². The summed E-state index contributed by atoms with van der Waals surface area (Å²) in [6.07, 6.45) is 3.41. The molecule has 6 heteroatoms. The fraction of sp³-hybridized carbons (Fsp3) is 0.111. The monoisotopic (exact) mass is 456 g/mol. The summed E-state index contributed by atoms with van der Waals surface area (Å²) in [7, 11) is 1.62. The Hall–Kier alpha value is -3.83. The first kappa shape index (κ1) is 21.0. The molecule has 0 saturated carbocycles. The van der Waals surface area contributed by atoms with E-state index < -0.39 is 0 Å². The van der Waals surface area contributed by atoms with Crippen LogP contribution < -0.4 is 4.74 Å². The maximum absolute atomic E-state index is 13.7. The highest BCUT2D eigenvalue weighted by Gasteiger charge is 2.24. The minimum Gasteiger partial charge on any atom is -0.497 e. The van der Waals surface area contributed by atoms with Gasteiger partial charge in [-0.3, -0.25) is 9.78 Å². The van der Waals surface area contributed by atoms with Crippen molar-refractivity contribution in [2.24, 2.45) is 0 Å². The number of rotatable bonds is 6. The molecule has 0 unspecified atom stereocenters. The molecule has 0 amide bonds. The van der Waals surface area contributed by atoms with E-state index >= 15 is 0 Å². The van der Waals surface area contributed by atoms with Crippen LogP contribution in [0, 0.1) is 6.92 Å². The van der Waals surface area contributed by atoms with Gasteiger partial charge in [0.25, 0.3) is 0 Å². The highest BCUT2D eigenvalue weighted by atomic mass is 35.5. The summed E-state index contributed by atoms with van der Waals surface area (Å²) in [5, 5.41) is 1.51. The Labute approximate surface area is 196 Å². The number of hydrogen-bond donors (Lipinski definition) is 0. The van der Waals surface area contributed by atoms with Crippen molar-refractivity contribution in [2.75, 3.05) is 7.11 Å². The van der Waals surface area contributed by atoms with Crippen molar-refractivity contribution in [2.45, 2.75) is 13.5 Å². The molecule has 5 aromatic rings. The minimum atomic E-state index is -0.171. The van der Waals surface area contributed by atoms with Crippen LogP contribution in [0.3, 0.4) is 0 Å². The van der Waals surface area contributed by atoms with E-state index in [-0.39, 0.29) is 11.5 Å². The zero-order chi connectivity index (χ0) is 22.9. The normalized spacial score (nSPS) is 11.1. The molecule has 2 aromatic carbocycles. The van der Waals surface area contributed by atoms with Gasteiger partial charge in [-0.2, -0.15) is 0 Å². The summed E-state index contributed by atoms with van der Waals surface area (Å²) < 4.78 is 13.5. The Morgan fingerprint density at radius 1 is 1.09 bits per heavy atom. The average Bonchev–Trinajstić information content (AvgIpc) is 3.44. The topological polar surface area (TPSA) is 57.3 Å². The molecule has 0 spiro atoms. The van der Waals surface area contributed by atoms with E-state index in [1.165, 1.54) is 0 Å². The molecule has 0 bridgehead atoms. The number of methoxy groups -OCH3 is 1. The van der Waals surface area contributed by atoms with Gasteiger partial charge in [0.05, 0.1) is 12.7 Å². The Morgan fingerprint density at radius 3 is 2.64 bits per heavy atom. The zero-order valence-electron chi connectivity index (χ0n) is 18.2. The number of pyridine rings is 1. The molecule has 0 fully saturated rings. The van der Waals surface area contributed by atoms with Gasteiger partial charge in [0.15, 0.2) is 5.76 Å². The molecule has 3 aromatic heterocycles. The maximum Gasteiger partial charge on any atom is 0.230 e. The van der Waals surface area contributed by atoms with Crippen molar-refractivity contribution in [3.05, 3.63) is 107 Å². The molecule has 5 nitrogen and oxygen atoms in total. The summed E-state index contributed by atoms with van der Waals surface area (Å²) >= 11 is 6.05. The van der Waals surface area contributed by atoms with E-state index in [2.05, 4.69) is 9.55 Å². The van der Waals surface area contributed by atoms with E-state index in [0.717, 1.165) is 27.7 Å². The highest BCUT2D eigenvalue weighted by molar-refractivity contribution is 6.30. The fourth-order valence-corrected chi connectivity index (χ4v) is 4.22. The van der Waals surface area contributed by atoms with E-state index in [0.29, 0.717) is 28.6 Å². The first-order valence-electron chi connectivity index (χ1n) is 10.5. The maximum atomic E-state index is 13.7. The van der Waals surface area contributed by atoms with Gasteiger partial charge in [-0.25, -0.2) is 0 Å². The van der Waals surface area contributed by atoms with Gasteiger partial charge in [0.1, 0.15) is 11.5 Å². The lowest BCUT2D eigenvalue weighted by Gasteiger charge is -2.09. The van der Waals surface area contributed by atoms with Gasteiger partial charge in [-0.05, 0) is 67.1 Å². The van der Waals surface area contributed by atoms with Crippen molar-refractivity contribution < 1.29 is 13.9 Å². The van der Waals surface area contributed by atoms with Gasteiger partial charge in [-0.15, -0.1) is 0 Å². The van der Waals surface area contributed by atoms with E-state index in [4.69, 9.17) is 20.8 Å². The second-order valence-corrected chi connectivity index (χ2v) is 8.23. The molecule has 0 aliphatic heterocycles. The summed E-state index contributed by atoms with van der Waals surface area (Å²) in [4.78, 5) is 17.8. The number of benzene rings is 2. The van der Waals surface area contributed by atoms with Gasteiger partial charge >= 0.3 is 0 Å². The van der Waals surface area contributed by atoms with Crippen LogP contribution >= 0.6 is 11.6 Å². The summed E-state index contributed by atoms with van der Waals surface area (Å²) in [5.74, 6) is 1.41. The number of halogens is 1. The number of ketones is 1. The Kier molecular flexibility index (Phi) is 5.48. The van der Waals surface area contributed by atoms with Crippen molar-refractivity contribution in [1.82, 2.24) is 9.55 Å². The van der Waals surface area contributed by atoms with Crippen molar-refractivity contribution in [1.29, 1.82) is 0 Å². The molecule has 0 saturated heterocycles. The van der Waals surface area contributed by atoms with Gasteiger partial charge in [0, 0.05) is 46.1 Å². The first-order chi connectivity index (χ1) is 16.0. The molecule has 0 aliphatic rings. The van der Waals surface area contributed by atoms with Crippen LogP contribution in [0.25, 0.3) is 22.2 Å². The predicted molar refractivity (Wildman–Crippen MR) is 129 cm³/mol. The Morgan fingerprint density at radius 2 is 1.91 bits per heavy atom. The predicted octanol–water partition coefficient (Wildman–Crippen LogP) is 6.55. The van der Waals surface area contributed by atoms with Gasteiger partial charge < -0.3 is 13.7 Å². The van der Waals surface area contributed by atoms with Crippen LogP contribution in [-0.2, 0) is 6.54 Å². The third-order valence-electron chi connectivity index (χ3n) is 5.79. The quantitative estimate of drug-likeness (QED) is 0.272. The Bertz CT molecular complexity index is 1450. The second kappa shape index (κ2) is 8.60. The SMILES string of the molecule is COc1ccc2c(c1)c(C(=O)c1ccc(-c3cccnc3)o1)c(C)n2Cc1ccc(Cl)cc1. The number of carbonyl (C=O) groups is 1. The van der Waals surface area contributed by atoms with Crippen LogP contribution in [0.15, 0.2) is 83.5 Å². The van der Waals surface area contributed by atoms with Crippen LogP contribution in [0.5, 0.6) is 5.75 Å².